The van der Waals surface area contributed by atoms with Crippen molar-refractivity contribution in [2.24, 2.45) is 0 Å². The SMILES string of the molecule is CCSc1ccccc1C(=O)NCCc1csc(-n2nc(C)cc2C)n1. The monoisotopic (exact) mass is 386 g/mol. The molecule has 3 aromatic rings. The highest BCUT2D eigenvalue weighted by molar-refractivity contribution is 7.99. The van der Waals surface area contributed by atoms with Crippen molar-refractivity contribution in [1.82, 2.24) is 20.1 Å². The highest BCUT2D eigenvalue weighted by atomic mass is 32.2. The Kier molecular flexibility index (Phi) is 6.11. The first kappa shape index (κ1) is 18.7. The lowest BCUT2D eigenvalue weighted by atomic mass is 10.2. The van der Waals surface area contributed by atoms with E-state index in [2.05, 4.69) is 22.3 Å². The van der Waals surface area contributed by atoms with Crippen LogP contribution in [0.3, 0.4) is 0 Å². The molecule has 2 aromatic heterocycles. The van der Waals surface area contributed by atoms with Crippen LogP contribution in [0.2, 0.25) is 0 Å². The molecular formula is C19H22N4OS2. The van der Waals surface area contributed by atoms with E-state index < -0.39 is 0 Å². The summed E-state index contributed by atoms with van der Waals surface area (Å²) in [6.07, 6.45) is 0.699. The van der Waals surface area contributed by atoms with Gasteiger partial charge in [-0.1, -0.05) is 19.1 Å². The molecule has 0 radical (unpaired) electrons. The second-order valence-corrected chi connectivity index (χ2v) is 8.04. The number of carbonyl (C=O) groups is 1. The van der Waals surface area contributed by atoms with E-state index in [1.165, 1.54) is 0 Å². The number of nitrogens with zero attached hydrogens (tertiary/aromatic N) is 3. The van der Waals surface area contributed by atoms with Gasteiger partial charge >= 0.3 is 0 Å². The first-order valence-electron chi connectivity index (χ1n) is 8.56. The number of benzene rings is 1. The summed E-state index contributed by atoms with van der Waals surface area (Å²) in [5.41, 5.74) is 3.76. The zero-order valence-corrected chi connectivity index (χ0v) is 16.8. The van der Waals surface area contributed by atoms with E-state index in [4.69, 9.17) is 0 Å². The van der Waals surface area contributed by atoms with Crippen LogP contribution in [0.5, 0.6) is 0 Å². The standard InChI is InChI=1S/C19H22N4OS2/c1-4-25-17-8-6-5-7-16(17)18(24)20-10-9-15-12-26-19(21-15)23-14(3)11-13(2)22-23/h5-8,11-12H,4,9-10H2,1-3H3,(H,20,24). The Bertz CT molecular complexity index is 901. The maximum atomic E-state index is 12.4. The van der Waals surface area contributed by atoms with Gasteiger partial charge in [0.2, 0.25) is 5.13 Å². The van der Waals surface area contributed by atoms with Crippen LogP contribution in [0.25, 0.3) is 5.13 Å². The van der Waals surface area contributed by atoms with Crippen molar-refractivity contribution in [2.75, 3.05) is 12.3 Å². The minimum absolute atomic E-state index is 0.0319. The van der Waals surface area contributed by atoms with E-state index in [1.807, 2.05) is 54.2 Å². The lowest BCUT2D eigenvalue weighted by Crippen LogP contribution is -2.26. The maximum Gasteiger partial charge on any atom is 0.252 e. The van der Waals surface area contributed by atoms with Crippen LogP contribution in [0.4, 0.5) is 0 Å². The first-order valence-corrected chi connectivity index (χ1v) is 10.4. The molecule has 5 nitrogen and oxygen atoms in total. The van der Waals surface area contributed by atoms with Gasteiger partial charge in [0.05, 0.1) is 17.0 Å². The fraction of sp³-hybridized carbons (Fsp3) is 0.316. The fourth-order valence-electron chi connectivity index (χ4n) is 2.67. The first-order chi connectivity index (χ1) is 12.6. The van der Waals surface area contributed by atoms with Crippen molar-refractivity contribution < 1.29 is 4.79 Å². The zero-order valence-electron chi connectivity index (χ0n) is 15.2. The topological polar surface area (TPSA) is 59.8 Å². The van der Waals surface area contributed by atoms with Gasteiger partial charge in [-0.15, -0.1) is 23.1 Å². The minimum atomic E-state index is -0.0319. The molecule has 0 aliphatic heterocycles. The molecule has 0 aliphatic rings. The summed E-state index contributed by atoms with van der Waals surface area (Å²) in [5, 5.41) is 10.4. The van der Waals surface area contributed by atoms with Gasteiger partial charge in [-0.25, -0.2) is 9.67 Å². The smallest absolute Gasteiger partial charge is 0.252 e. The Labute approximate surface area is 161 Å². The third-order valence-corrected chi connectivity index (χ3v) is 5.65. The zero-order chi connectivity index (χ0) is 18.5. The minimum Gasteiger partial charge on any atom is -0.352 e. The average molecular weight is 387 g/mol. The van der Waals surface area contributed by atoms with E-state index >= 15 is 0 Å². The fourth-order valence-corrected chi connectivity index (χ4v) is 4.33. The number of rotatable bonds is 7. The lowest BCUT2D eigenvalue weighted by molar-refractivity contribution is 0.0951. The molecule has 26 heavy (non-hydrogen) atoms. The summed E-state index contributed by atoms with van der Waals surface area (Å²) in [5.74, 6) is 0.911. The van der Waals surface area contributed by atoms with Gasteiger partial charge < -0.3 is 5.32 Å². The Balaban J connectivity index is 1.59. The predicted octanol–water partition coefficient (Wildman–Crippen LogP) is 4.03. The molecule has 0 saturated carbocycles. The van der Waals surface area contributed by atoms with Gasteiger partial charge in [0.1, 0.15) is 0 Å². The van der Waals surface area contributed by atoms with Crippen LogP contribution < -0.4 is 5.32 Å². The number of nitrogens with one attached hydrogen (secondary N) is 1. The van der Waals surface area contributed by atoms with Crippen molar-refractivity contribution >= 4 is 29.0 Å². The highest BCUT2D eigenvalue weighted by Crippen LogP contribution is 2.22. The molecule has 1 amide bonds. The number of aryl methyl sites for hydroxylation is 2. The second kappa shape index (κ2) is 8.51. The number of carbonyl (C=O) groups excluding carboxylic acids is 1. The van der Waals surface area contributed by atoms with E-state index in [0.717, 1.165) is 38.4 Å². The van der Waals surface area contributed by atoms with Crippen molar-refractivity contribution in [3.63, 3.8) is 0 Å². The summed E-state index contributed by atoms with van der Waals surface area (Å²) in [6.45, 7) is 6.64. The molecule has 0 unspecified atom stereocenters. The van der Waals surface area contributed by atoms with Gasteiger partial charge in [0.25, 0.3) is 5.91 Å². The molecule has 1 aromatic carbocycles. The number of hydrogen-bond acceptors (Lipinski definition) is 5. The van der Waals surface area contributed by atoms with Crippen molar-refractivity contribution in [3.05, 3.63) is 58.4 Å². The van der Waals surface area contributed by atoms with Crippen LogP contribution in [0.1, 0.15) is 34.4 Å². The Morgan fingerprint density at radius 1 is 1.31 bits per heavy atom. The van der Waals surface area contributed by atoms with Crippen LogP contribution in [-0.4, -0.2) is 33.0 Å². The van der Waals surface area contributed by atoms with E-state index in [0.29, 0.717) is 13.0 Å². The third kappa shape index (κ3) is 4.34. The van der Waals surface area contributed by atoms with Gasteiger partial charge in [0.15, 0.2) is 0 Å². The quantitative estimate of drug-likeness (QED) is 0.623. The van der Waals surface area contributed by atoms with E-state index in [9.17, 15) is 4.79 Å². The number of aromatic nitrogens is 3. The van der Waals surface area contributed by atoms with Gasteiger partial charge in [0, 0.05) is 28.9 Å². The van der Waals surface area contributed by atoms with Gasteiger partial charge in [-0.3, -0.25) is 4.79 Å². The van der Waals surface area contributed by atoms with Crippen molar-refractivity contribution in [3.8, 4) is 5.13 Å². The molecule has 136 valence electrons. The van der Waals surface area contributed by atoms with Gasteiger partial charge in [-0.2, -0.15) is 5.10 Å². The summed E-state index contributed by atoms with van der Waals surface area (Å²) in [4.78, 5) is 18.1. The molecule has 0 fully saturated rings. The van der Waals surface area contributed by atoms with Crippen molar-refractivity contribution in [2.45, 2.75) is 32.1 Å². The largest absolute Gasteiger partial charge is 0.352 e. The highest BCUT2D eigenvalue weighted by Gasteiger charge is 2.12. The van der Waals surface area contributed by atoms with E-state index in [1.54, 1.807) is 23.1 Å². The Hall–Kier alpha value is -2.12. The average Bonchev–Trinajstić information content (AvgIpc) is 3.21. The molecule has 2 heterocycles. The predicted molar refractivity (Wildman–Crippen MR) is 108 cm³/mol. The van der Waals surface area contributed by atoms with Crippen LogP contribution in [0.15, 0.2) is 40.6 Å². The number of thiazole rings is 1. The molecule has 0 saturated heterocycles. The second-order valence-electron chi connectivity index (χ2n) is 5.90. The van der Waals surface area contributed by atoms with Crippen LogP contribution in [0, 0.1) is 13.8 Å². The van der Waals surface area contributed by atoms with E-state index in [-0.39, 0.29) is 5.91 Å². The number of hydrogen-bond donors (Lipinski definition) is 1. The van der Waals surface area contributed by atoms with Crippen LogP contribution >= 0.6 is 23.1 Å². The van der Waals surface area contributed by atoms with Gasteiger partial charge in [-0.05, 0) is 37.8 Å². The number of thioether (sulfide) groups is 1. The Morgan fingerprint density at radius 2 is 2.12 bits per heavy atom. The molecule has 0 spiro atoms. The van der Waals surface area contributed by atoms with Crippen molar-refractivity contribution in [1.29, 1.82) is 0 Å². The summed E-state index contributed by atoms with van der Waals surface area (Å²) >= 11 is 3.25. The summed E-state index contributed by atoms with van der Waals surface area (Å²) < 4.78 is 1.86. The molecule has 1 N–H and O–H groups in total. The molecule has 0 bridgehead atoms. The molecule has 7 heteroatoms. The lowest BCUT2D eigenvalue weighted by Gasteiger charge is -2.08. The normalized spacial score (nSPS) is 10.9. The summed E-state index contributed by atoms with van der Waals surface area (Å²) in [6, 6.07) is 9.76. The molecule has 0 aliphatic carbocycles. The number of amides is 1. The molecule has 0 atom stereocenters. The maximum absolute atomic E-state index is 12.4. The third-order valence-electron chi connectivity index (χ3n) is 3.83. The Morgan fingerprint density at radius 3 is 2.85 bits per heavy atom. The molecule has 3 rings (SSSR count). The van der Waals surface area contributed by atoms with Crippen LogP contribution in [-0.2, 0) is 6.42 Å². The summed E-state index contributed by atoms with van der Waals surface area (Å²) in [7, 11) is 0. The molecular weight excluding hydrogens is 364 g/mol.